The lowest BCUT2D eigenvalue weighted by Gasteiger charge is -2.33. The van der Waals surface area contributed by atoms with E-state index in [9.17, 15) is 13.2 Å². The van der Waals surface area contributed by atoms with E-state index in [1.54, 1.807) is 7.11 Å². The summed E-state index contributed by atoms with van der Waals surface area (Å²) >= 11 is 0. The van der Waals surface area contributed by atoms with E-state index in [-0.39, 0.29) is 6.54 Å². The van der Waals surface area contributed by atoms with Crippen molar-refractivity contribution in [3.05, 3.63) is 23.4 Å². The molecule has 118 valence electrons. The van der Waals surface area contributed by atoms with Crippen LogP contribution in [0.2, 0.25) is 0 Å². The molecule has 0 saturated carbocycles. The highest BCUT2D eigenvalue weighted by atomic mass is 19.4. The van der Waals surface area contributed by atoms with Crippen LogP contribution >= 0.6 is 0 Å². The average molecular weight is 303 g/mol. The molecule has 0 spiro atoms. The van der Waals surface area contributed by atoms with Gasteiger partial charge in [-0.15, -0.1) is 0 Å². The summed E-state index contributed by atoms with van der Waals surface area (Å²) in [5.41, 5.74) is 5.40. The van der Waals surface area contributed by atoms with Gasteiger partial charge in [0.05, 0.1) is 0 Å². The van der Waals surface area contributed by atoms with E-state index in [0.717, 1.165) is 18.9 Å². The van der Waals surface area contributed by atoms with E-state index < -0.39 is 11.9 Å². The molecule has 0 atom stereocenters. The molecule has 21 heavy (non-hydrogen) atoms. The van der Waals surface area contributed by atoms with Gasteiger partial charge in [-0.3, -0.25) is 0 Å². The van der Waals surface area contributed by atoms with Gasteiger partial charge < -0.3 is 15.4 Å². The second-order valence-electron chi connectivity index (χ2n) is 5.27. The van der Waals surface area contributed by atoms with Crippen molar-refractivity contribution in [1.29, 1.82) is 0 Å². The highest BCUT2D eigenvalue weighted by molar-refractivity contribution is 5.48. The number of anilines is 1. The summed E-state index contributed by atoms with van der Waals surface area (Å²) in [7, 11) is 1.66. The van der Waals surface area contributed by atoms with Crippen molar-refractivity contribution < 1.29 is 17.9 Å². The van der Waals surface area contributed by atoms with Gasteiger partial charge in [0.1, 0.15) is 11.5 Å². The Bertz CT molecular complexity index is 471. The Kier molecular flexibility index (Phi) is 5.05. The van der Waals surface area contributed by atoms with Crippen LogP contribution in [0.5, 0.6) is 0 Å². The monoisotopic (exact) mass is 303 g/mol. The number of nitrogens with two attached hydrogens (primary N) is 1. The van der Waals surface area contributed by atoms with Crippen molar-refractivity contribution in [2.45, 2.75) is 25.6 Å². The lowest BCUT2D eigenvalue weighted by molar-refractivity contribution is -0.141. The van der Waals surface area contributed by atoms with Crippen LogP contribution < -0.4 is 10.6 Å². The molecule has 1 saturated heterocycles. The summed E-state index contributed by atoms with van der Waals surface area (Å²) in [6.45, 7) is 2.22. The van der Waals surface area contributed by atoms with E-state index in [2.05, 4.69) is 4.98 Å². The standard InChI is InChI=1S/C14H20F3N3O/c1-21-9-10-4-6-20(7-5-10)13-11(8-18)2-3-12(19-13)14(15,16)17/h2-3,10H,4-9,18H2,1H3. The number of piperidine rings is 1. The summed E-state index contributed by atoms with van der Waals surface area (Å²) in [6.07, 6.45) is -2.66. The Balaban J connectivity index is 2.18. The molecule has 0 aliphatic carbocycles. The number of ether oxygens (including phenoxy) is 1. The average Bonchev–Trinajstić information content (AvgIpc) is 2.47. The minimum atomic E-state index is -4.43. The van der Waals surface area contributed by atoms with Crippen molar-refractivity contribution in [3.8, 4) is 0 Å². The molecule has 0 amide bonds. The molecule has 1 fully saturated rings. The molecule has 2 rings (SSSR count). The number of halogens is 3. The number of hydrogen-bond acceptors (Lipinski definition) is 4. The minimum Gasteiger partial charge on any atom is -0.384 e. The van der Waals surface area contributed by atoms with Crippen molar-refractivity contribution in [1.82, 2.24) is 4.98 Å². The maximum absolute atomic E-state index is 12.8. The largest absolute Gasteiger partial charge is 0.433 e. The fourth-order valence-electron chi connectivity index (χ4n) is 2.62. The summed E-state index contributed by atoms with van der Waals surface area (Å²) in [4.78, 5) is 5.69. The Labute approximate surface area is 122 Å². The van der Waals surface area contributed by atoms with Crippen molar-refractivity contribution in [3.63, 3.8) is 0 Å². The van der Waals surface area contributed by atoms with Crippen LogP contribution in [0.4, 0.5) is 19.0 Å². The second kappa shape index (κ2) is 6.62. The molecule has 0 unspecified atom stereocenters. The number of aromatic nitrogens is 1. The number of methoxy groups -OCH3 is 1. The molecule has 1 aliphatic rings. The second-order valence-corrected chi connectivity index (χ2v) is 5.27. The molecule has 0 bridgehead atoms. The van der Waals surface area contributed by atoms with Gasteiger partial charge in [0.15, 0.2) is 0 Å². The van der Waals surface area contributed by atoms with Gasteiger partial charge in [-0.05, 0) is 24.8 Å². The number of rotatable bonds is 4. The zero-order valence-corrected chi connectivity index (χ0v) is 12.0. The van der Waals surface area contributed by atoms with Crippen LogP contribution in [-0.4, -0.2) is 31.8 Å². The number of hydrogen-bond donors (Lipinski definition) is 1. The normalized spacial score (nSPS) is 17.3. The fourth-order valence-corrected chi connectivity index (χ4v) is 2.62. The fraction of sp³-hybridized carbons (Fsp3) is 0.643. The molecule has 1 aromatic rings. The van der Waals surface area contributed by atoms with Gasteiger partial charge in [0, 0.05) is 38.9 Å². The molecule has 4 nitrogen and oxygen atoms in total. The van der Waals surface area contributed by atoms with Crippen LogP contribution in [0.25, 0.3) is 0 Å². The van der Waals surface area contributed by atoms with Gasteiger partial charge in [-0.1, -0.05) is 6.07 Å². The van der Waals surface area contributed by atoms with Crippen LogP contribution in [-0.2, 0) is 17.5 Å². The lowest BCUT2D eigenvalue weighted by atomic mass is 9.97. The highest BCUT2D eigenvalue weighted by Gasteiger charge is 2.34. The first-order chi connectivity index (χ1) is 9.95. The molecule has 2 heterocycles. The molecule has 7 heteroatoms. The van der Waals surface area contributed by atoms with Crippen LogP contribution in [0.1, 0.15) is 24.1 Å². The molecular formula is C14H20F3N3O. The third-order valence-electron chi connectivity index (χ3n) is 3.78. The summed E-state index contributed by atoms with van der Waals surface area (Å²) in [6, 6.07) is 2.41. The van der Waals surface area contributed by atoms with E-state index in [0.29, 0.717) is 37.0 Å². The zero-order valence-electron chi connectivity index (χ0n) is 12.0. The molecule has 1 aliphatic heterocycles. The molecule has 2 N–H and O–H groups in total. The van der Waals surface area contributed by atoms with Gasteiger partial charge >= 0.3 is 6.18 Å². The van der Waals surface area contributed by atoms with Crippen molar-refractivity contribution >= 4 is 5.82 Å². The third kappa shape index (κ3) is 3.85. The number of nitrogens with zero attached hydrogens (tertiary/aromatic N) is 2. The Morgan fingerprint density at radius 1 is 1.33 bits per heavy atom. The predicted octanol–water partition coefficient (Wildman–Crippen LogP) is 2.42. The maximum Gasteiger partial charge on any atom is 0.433 e. The SMILES string of the molecule is COCC1CCN(c2nc(C(F)(F)F)ccc2CN)CC1. The lowest BCUT2D eigenvalue weighted by Crippen LogP contribution is -2.36. The first kappa shape index (κ1) is 16.0. The van der Waals surface area contributed by atoms with Crippen molar-refractivity contribution in [2.24, 2.45) is 11.7 Å². The Hall–Kier alpha value is -1.34. The van der Waals surface area contributed by atoms with E-state index in [1.807, 2.05) is 4.90 Å². The van der Waals surface area contributed by atoms with E-state index in [1.165, 1.54) is 6.07 Å². The number of alkyl halides is 3. The highest BCUT2D eigenvalue weighted by Crippen LogP contribution is 2.31. The molecule has 0 aromatic carbocycles. The van der Waals surface area contributed by atoms with E-state index in [4.69, 9.17) is 10.5 Å². The molecule has 0 radical (unpaired) electrons. The third-order valence-corrected chi connectivity index (χ3v) is 3.78. The molecular weight excluding hydrogens is 283 g/mol. The first-order valence-electron chi connectivity index (χ1n) is 6.96. The quantitative estimate of drug-likeness (QED) is 0.928. The maximum atomic E-state index is 12.8. The van der Waals surface area contributed by atoms with Crippen LogP contribution in [0.3, 0.4) is 0 Å². The number of pyridine rings is 1. The van der Waals surface area contributed by atoms with Gasteiger partial charge in [-0.25, -0.2) is 4.98 Å². The van der Waals surface area contributed by atoms with Gasteiger partial charge in [0.25, 0.3) is 0 Å². The van der Waals surface area contributed by atoms with Gasteiger partial charge in [-0.2, -0.15) is 13.2 Å². The van der Waals surface area contributed by atoms with Crippen molar-refractivity contribution in [2.75, 3.05) is 31.7 Å². The topological polar surface area (TPSA) is 51.4 Å². The van der Waals surface area contributed by atoms with Crippen LogP contribution in [0.15, 0.2) is 12.1 Å². The summed E-state index contributed by atoms with van der Waals surface area (Å²) in [5, 5.41) is 0. The Morgan fingerprint density at radius 2 is 2.00 bits per heavy atom. The smallest absolute Gasteiger partial charge is 0.384 e. The summed E-state index contributed by atoms with van der Waals surface area (Å²) in [5.74, 6) is 0.821. The predicted molar refractivity (Wildman–Crippen MR) is 73.9 cm³/mol. The Morgan fingerprint density at radius 3 is 2.52 bits per heavy atom. The van der Waals surface area contributed by atoms with Crippen LogP contribution in [0, 0.1) is 5.92 Å². The molecule has 1 aromatic heterocycles. The minimum absolute atomic E-state index is 0.179. The first-order valence-corrected chi connectivity index (χ1v) is 6.96. The van der Waals surface area contributed by atoms with Gasteiger partial charge in [0.2, 0.25) is 0 Å². The van der Waals surface area contributed by atoms with E-state index >= 15 is 0 Å². The zero-order chi connectivity index (χ0) is 15.5. The summed E-state index contributed by atoms with van der Waals surface area (Å²) < 4.78 is 43.5.